The lowest BCUT2D eigenvalue weighted by Crippen LogP contribution is -2.45. The van der Waals surface area contributed by atoms with Crippen molar-refractivity contribution in [3.05, 3.63) is 41.9 Å². The Morgan fingerprint density at radius 3 is 2.67 bits per heavy atom. The number of hydrogen-bond donors (Lipinski definition) is 1. The summed E-state index contributed by atoms with van der Waals surface area (Å²) >= 11 is 0. The molecule has 0 spiro atoms. The lowest BCUT2D eigenvalue weighted by molar-refractivity contribution is 0.0925. The minimum Gasteiger partial charge on any atom is -0.356 e. The number of carbonyl (C=O) groups is 1. The van der Waals surface area contributed by atoms with Crippen molar-refractivity contribution in [2.75, 3.05) is 18.0 Å². The van der Waals surface area contributed by atoms with Crippen LogP contribution in [0.25, 0.3) is 0 Å². The number of aromatic nitrogens is 4. The number of nitrogens with one attached hydrogen (secondary N) is 1. The molecule has 126 valence electrons. The minimum atomic E-state index is -0.156. The predicted octanol–water partition coefficient (Wildman–Crippen LogP) is 1.54. The molecule has 0 saturated carbocycles. The number of anilines is 1. The Bertz CT molecular complexity index is 694. The van der Waals surface area contributed by atoms with Gasteiger partial charge in [-0.25, -0.2) is 15.0 Å². The van der Waals surface area contributed by atoms with Crippen molar-refractivity contribution in [3.63, 3.8) is 0 Å². The van der Waals surface area contributed by atoms with Gasteiger partial charge in [0, 0.05) is 37.1 Å². The van der Waals surface area contributed by atoms with Gasteiger partial charge in [0.2, 0.25) is 0 Å². The minimum absolute atomic E-state index is 0.156. The fourth-order valence-electron chi connectivity index (χ4n) is 2.77. The maximum absolute atomic E-state index is 12.2. The summed E-state index contributed by atoms with van der Waals surface area (Å²) in [6.45, 7) is 5.67. The number of aryl methyl sites for hydroxylation is 2. The Balaban J connectivity index is 1.55. The van der Waals surface area contributed by atoms with Crippen LogP contribution in [0.1, 0.15) is 41.6 Å². The zero-order chi connectivity index (χ0) is 16.9. The van der Waals surface area contributed by atoms with E-state index < -0.39 is 0 Å². The van der Waals surface area contributed by atoms with Crippen LogP contribution in [0.2, 0.25) is 0 Å². The molecule has 2 aromatic heterocycles. The second-order valence-electron chi connectivity index (χ2n) is 6.00. The molecule has 0 unspecified atom stereocenters. The molecule has 24 heavy (non-hydrogen) atoms. The topological polar surface area (TPSA) is 83.9 Å². The third-order valence-corrected chi connectivity index (χ3v) is 4.24. The summed E-state index contributed by atoms with van der Waals surface area (Å²) < 4.78 is 0. The number of rotatable bonds is 4. The van der Waals surface area contributed by atoms with Gasteiger partial charge >= 0.3 is 0 Å². The number of piperidine rings is 1. The Hall–Kier alpha value is -2.57. The lowest BCUT2D eigenvalue weighted by atomic mass is 10.0. The van der Waals surface area contributed by atoms with E-state index in [1.807, 2.05) is 13.0 Å². The van der Waals surface area contributed by atoms with Crippen LogP contribution in [0, 0.1) is 6.92 Å². The lowest BCUT2D eigenvalue weighted by Gasteiger charge is -2.33. The van der Waals surface area contributed by atoms with Crippen LogP contribution in [0.4, 0.5) is 5.82 Å². The van der Waals surface area contributed by atoms with Gasteiger partial charge < -0.3 is 10.2 Å². The van der Waals surface area contributed by atoms with Crippen molar-refractivity contribution in [1.82, 2.24) is 25.3 Å². The SMILES string of the molecule is CCc1cc(N2CCC(NC(=O)c3cnc(C)cn3)CC2)ncn1. The average molecular weight is 326 g/mol. The van der Waals surface area contributed by atoms with E-state index in [-0.39, 0.29) is 11.9 Å². The van der Waals surface area contributed by atoms with Crippen molar-refractivity contribution in [2.24, 2.45) is 0 Å². The van der Waals surface area contributed by atoms with E-state index in [9.17, 15) is 4.79 Å². The molecule has 0 aliphatic carbocycles. The predicted molar refractivity (Wildman–Crippen MR) is 90.9 cm³/mol. The maximum atomic E-state index is 12.2. The molecule has 3 rings (SSSR count). The van der Waals surface area contributed by atoms with Gasteiger partial charge in [-0.3, -0.25) is 9.78 Å². The molecule has 0 atom stereocenters. The quantitative estimate of drug-likeness (QED) is 0.917. The van der Waals surface area contributed by atoms with Crippen LogP contribution < -0.4 is 10.2 Å². The normalized spacial score (nSPS) is 15.3. The van der Waals surface area contributed by atoms with Crippen molar-refractivity contribution < 1.29 is 4.79 Å². The molecule has 1 aliphatic rings. The summed E-state index contributed by atoms with van der Waals surface area (Å²) in [5.74, 6) is 0.812. The molecule has 1 N–H and O–H groups in total. The molecule has 7 heteroatoms. The molecule has 2 aromatic rings. The van der Waals surface area contributed by atoms with Gasteiger partial charge in [-0.2, -0.15) is 0 Å². The highest BCUT2D eigenvalue weighted by Crippen LogP contribution is 2.18. The van der Waals surface area contributed by atoms with E-state index in [0.717, 1.165) is 49.6 Å². The van der Waals surface area contributed by atoms with Gasteiger partial charge in [0.1, 0.15) is 17.8 Å². The van der Waals surface area contributed by atoms with Gasteiger partial charge in [-0.1, -0.05) is 6.92 Å². The van der Waals surface area contributed by atoms with Crippen LogP contribution in [0.15, 0.2) is 24.8 Å². The molecule has 3 heterocycles. The first-order valence-electron chi connectivity index (χ1n) is 8.31. The smallest absolute Gasteiger partial charge is 0.271 e. The van der Waals surface area contributed by atoms with Crippen molar-refractivity contribution in [1.29, 1.82) is 0 Å². The van der Waals surface area contributed by atoms with E-state index in [1.165, 1.54) is 6.20 Å². The molecule has 1 aliphatic heterocycles. The third-order valence-electron chi connectivity index (χ3n) is 4.24. The molecule has 0 bridgehead atoms. The molecule has 0 radical (unpaired) electrons. The van der Waals surface area contributed by atoms with E-state index >= 15 is 0 Å². The molecule has 1 saturated heterocycles. The molecule has 1 fully saturated rings. The Kier molecular flexibility index (Phi) is 4.98. The van der Waals surface area contributed by atoms with Crippen LogP contribution in [-0.4, -0.2) is 45.0 Å². The standard InChI is InChI=1S/C17H22N6O/c1-3-13-8-16(21-11-20-13)23-6-4-14(5-7-23)22-17(24)15-10-18-12(2)9-19-15/h8-11,14H,3-7H2,1-2H3,(H,22,24). The Morgan fingerprint density at radius 1 is 1.21 bits per heavy atom. The van der Waals surface area contributed by atoms with Gasteiger partial charge in [-0.05, 0) is 26.2 Å². The monoisotopic (exact) mass is 326 g/mol. The van der Waals surface area contributed by atoms with Gasteiger partial charge in [0.15, 0.2) is 0 Å². The fourth-order valence-corrected chi connectivity index (χ4v) is 2.77. The number of carbonyl (C=O) groups excluding carboxylic acids is 1. The largest absolute Gasteiger partial charge is 0.356 e. The van der Waals surface area contributed by atoms with E-state index in [1.54, 1.807) is 12.5 Å². The second-order valence-corrected chi connectivity index (χ2v) is 6.00. The average Bonchev–Trinajstić information content (AvgIpc) is 2.63. The van der Waals surface area contributed by atoms with E-state index in [4.69, 9.17) is 0 Å². The highest BCUT2D eigenvalue weighted by molar-refractivity contribution is 5.92. The first kappa shape index (κ1) is 16.3. The summed E-state index contributed by atoms with van der Waals surface area (Å²) in [7, 11) is 0. The van der Waals surface area contributed by atoms with Crippen LogP contribution in [0.3, 0.4) is 0 Å². The van der Waals surface area contributed by atoms with Crippen LogP contribution in [0.5, 0.6) is 0 Å². The highest BCUT2D eigenvalue weighted by atomic mass is 16.1. The summed E-state index contributed by atoms with van der Waals surface area (Å²) in [6, 6.07) is 2.20. The summed E-state index contributed by atoms with van der Waals surface area (Å²) in [5.41, 5.74) is 2.22. The fraction of sp³-hybridized carbons (Fsp3) is 0.471. The number of hydrogen-bond acceptors (Lipinski definition) is 6. The zero-order valence-electron chi connectivity index (χ0n) is 14.1. The number of amides is 1. The van der Waals surface area contributed by atoms with Gasteiger partial charge in [-0.15, -0.1) is 0 Å². The zero-order valence-corrected chi connectivity index (χ0v) is 14.1. The molecular weight excluding hydrogens is 304 g/mol. The van der Waals surface area contributed by atoms with Gasteiger partial charge in [0.05, 0.1) is 11.9 Å². The van der Waals surface area contributed by atoms with Crippen LogP contribution >= 0.6 is 0 Å². The van der Waals surface area contributed by atoms with Crippen molar-refractivity contribution in [2.45, 2.75) is 39.2 Å². The van der Waals surface area contributed by atoms with Crippen molar-refractivity contribution in [3.8, 4) is 0 Å². The van der Waals surface area contributed by atoms with E-state index in [2.05, 4.69) is 37.1 Å². The summed E-state index contributed by atoms with van der Waals surface area (Å²) in [6.07, 6.45) is 7.43. The molecule has 7 nitrogen and oxygen atoms in total. The second kappa shape index (κ2) is 7.33. The Morgan fingerprint density at radius 2 is 2.00 bits per heavy atom. The van der Waals surface area contributed by atoms with Crippen LogP contribution in [-0.2, 0) is 6.42 Å². The Labute approximate surface area is 141 Å². The maximum Gasteiger partial charge on any atom is 0.271 e. The molecular formula is C17H22N6O. The third kappa shape index (κ3) is 3.84. The van der Waals surface area contributed by atoms with Gasteiger partial charge in [0.25, 0.3) is 5.91 Å². The summed E-state index contributed by atoms with van der Waals surface area (Å²) in [5, 5.41) is 3.05. The molecule has 0 aromatic carbocycles. The van der Waals surface area contributed by atoms with E-state index in [0.29, 0.717) is 5.69 Å². The molecule has 1 amide bonds. The first-order valence-corrected chi connectivity index (χ1v) is 8.31. The highest BCUT2D eigenvalue weighted by Gasteiger charge is 2.22. The first-order chi connectivity index (χ1) is 11.7. The number of nitrogens with zero attached hydrogens (tertiary/aromatic N) is 5. The summed E-state index contributed by atoms with van der Waals surface area (Å²) in [4.78, 5) is 31.3. The van der Waals surface area contributed by atoms with Crippen molar-refractivity contribution >= 4 is 11.7 Å².